The molecule has 0 unspecified atom stereocenters. The van der Waals surface area contributed by atoms with Gasteiger partial charge in [-0.05, 0) is 24.3 Å². The first-order chi connectivity index (χ1) is 13.6. The van der Waals surface area contributed by atoms with Crippen LogP contribution in [0.15, 0.2) is 70.6 Å². The van der Waals surface area contributed by atoms with Gasteiger partial charge >= 0.3 is 0 Å². The smallest absolute Gasteiger partial charge is 0.208 e. The third-order valence-electron chi connectivity index (χ3n) is 4.90. The summed E-state index contributed by atoms with van der Waals surface area (Å²) < 4.78 is 31.0. The maximum Gasteiger partial charge on any atom is 0.208 e. The fourth-order valence-corrected chi connectivity index (χ4v) is 4.60. The van der Waals surface area contributed by atoms with E-state index in [1.807, 2.05) is 18.2 Å². The molecular formula is C21H23N3O3S. The fourth-order valence-electron chi connectivity index (χ4n) is 3.34. The van der Waals surface area contributed by atoms with E-state index in [1.165, 1.54) is 6.20 Å². The van der Waals surface area contributed by atoms with Crippen LogP contribution in [0.25, 0.3) is 10.9 Å². The maximum atomic E-state index is 12.8. The van der Waals surface area contributed by atoms with Gasteiger partial charge in [0, 0.05) is 37.8 Å². The Balaban J connectivity index is 1.54. The van der Waals surface area contributed by atoms with Crippen molar-refractivity contribution < 1.29 is 13.2 Å². The lowest BCUT2D eigenvalue weighted by Gasteiger charge is -2.26. The van der Waals surface area contributed by atoms with Gasteiger partial charge in [0.05, 0.1) is 34.2 Å². The standard InChI is InChI=1S/C21H23N3O3S/c25-28(26,18-6-2-1-3-7-18)19-15-17-5-4-8-20(21(17)23-16-19)22-9-10-24-11-13-27-14-12-24/h1-8,15-16,22H,9-14H2. The first-order valence-electron chi connectivity index (χ1n) is 9.37. The summed E-state index contributed by atoms with van der Waals surface area (Å²) >= 11 is 0. The van der Waals surface area contributed by atoms with Crippen LogP contribution in [0.4, 0.5) is 5.69 Å². The van der Waals surface area contributed by atoms with Gasteiger partial charge < -0.3 is 10.1 Å². The molecule has 7 heteroatoms. The van der Waals surface area contributed by atoms with Crippen molar-refractivity contribution in [3.05, 3.63) is 60.8 Å². The summed E-state index contributed by atoms with van der Waals surface area (Å²) in [5, 5.41) is 4.23. The van der Waals surface area contributed by atoms with Crippen molar-refractivity contribution in [2.24, 2.45) is 0 Å². The zero-order chi connectivity index (χ0) is 19.4. The molecule has 0 atom stereocenters. The number of hydrogen-bond acceptors (Lipinski definition) is 6. The predicted molar refractivity (Wildman–Crippen MR) is 109 cm³/mol. The number of sulfone groups is 1. The first kappa shape index (κ1) is 18.9. The van der Waals surface area contributed by atoms with Gasteiger partial charge in [0.1, 0.15) is 0 Å². The van der Waals surface area contributed by atoms with E-state index in [9.17, 15) is 8.42 Å². The highest BCUT2D eigenvalue weighted by Crippen LogP contribution is 2.26. The lowest BCUT2D eigenvalue weighted by molar-refractivity contribution is 0.0398. The average molecular weight is 398 g/mol. The Morgan fingerprint density at radius 1 is 1.00 bits per heavy atom. The average Bonchev–Trinajstić information content (AvgIpc) is 2.75. The van der Waals surface area contributed by atoms with Crippen molar-refractivity contribution in [1.82, 2.24) is 9.88 Å². The minimum absolute atomic E-state index is 0.205. The van der Waals surface area contributed by atoms with Gasteiger partial charge in [-0.2, -0.15) is 0 Å². The number of rotatable bonds is 6. The number of fused-ring (bicyclic) bond motifs is 1. The summed E-state index contributed by atoms with van der Waals surface area (Å²) in [5.74, 6) is 0. The molecule has 6 nitrogen and oxygen atoms in total. The van der Waals surface area contributed by atoms with E-state index in [1.54, 1.807) is 36.4 Å². The monoisotopic (exact) mass is 397 g/mol. The van der Waals surface area contributed by atoms with Crippen LogP contribution < -0.4 is 5.32 Å². The van der Waals surface area contributed by atoms with Gasteiger partial charge in [-0.3, -0.25) is 9.88 Å². The molecule has 4 rings (SSSR count). The van der Waals surface area contributed by atoms with Crippen molar-refractivity contribution in [3.63, 3.8) is 0 Å². The molecule has 2 heterocycles. The van der Waals surface area contributed by atoms with E-state index in [0.29, 0.717) is 0 Å². The molecule has 0 saturated carbocycles. The van der Waals surface area contributed by atoms with E-state index in [0.717, 1.165) is 56.0 Å². The molecule has 1 saturated heterocycles. The Morgan fingerprint density at radius 2 is 1.79 bits per heavy atom. The molecule has 146 valence electrons. The summed E-state index contributed by atoms with van der Waals surface area (Å²) in [6, 6.07) is 15.9. The van der Waals surface area contributed by atoms with Crippen molar-refractivity contribution in [1.29, 1.82) is 0 Å². The van der Waals surface area contributed by atoms with Crippen LogP contribution in [0, 0.1) is 0 Å². The number of aromatic nitrogens is 1. The van der Waals surface area contributed by atoms with Crippen molar-refractivity contribution in [2.75, 3.05) is 44.7 Å². The number of ether oxygens (including phenoxy) is 1. The minimum atomic E-state index is -3.58. The molecule has 1 aromatic heterocycles. The van der Waals surface area contributed by atoms with Gasteiger partial charge in [0.15, 0.2) is 0 Å². The Bertz CT molecular complexity index is 1050. The third kappa shape index (κ3) is 4.01. The molecule has 0 radical (unpaired) electrons. The molecule has 0 amide bonds. The Kier molecular flexibility index (Phi) is 5.57. The van der Waals surface area contributed by atoms with Crippen LogP contribution in [0.3, 0.4) is 0 Å². The second-order valence-corrected chi connectivity index (χ2v) is 8.70. The molecule has 28 heavy (non-hydrogen) atoms. The van der Waals surface area contributed by atoms with Crippen LogP contribution in [-0.4, -0.2) is 57.7 Å². The number of pyridine rings is 1. The first-order valence-corrected chi connectivity index (χ1v) is 10.9. The van der Waals surface area contributed by atoms with E-state index in [2.05, 4.69) is 15.2 Å². The van der Waals surface area contributed by atoms with Crippen LogP contribution in [-0.2, 0) is 14.6 Å². The molecule has 0 spiro atoms. The topological polar surface area (TPSA) is 71.5 Å². The number of anilines is 1. The maximum absolute atomic E-state index is 12.8. The second kappa shape index (κ2) is 8.26. The number of hydrogen-bond donors (Lipinski definition) is 1. The minimum Gasteiger partial charge on any atom is -0.382 e. The summed E-state index contributed by atoms with van der Waals surface area (Å²) in [5.41, 5.74) is 1.69. The molecule has 1 N–H and O–H groups in total. The van der Waals surface area contributed by atoms with Crippen LogP contribution in [0.1, 0.15) is 0 Å². The summed E-state index contributed by atoms with van der Waals surface area (Å²) in [7, 11) is -3.58. The Hall–Kier alpha value is -2.48. The van der Waals surface area contributed by atoms with Crippen molar-refractivity contribution >= 4 is 26.4 Å². The van der Waals surface area contributed by atoms with Gasteiger partial charge in [-0.1, -0.05) is 30.3 Å². The molecule has 3 aromatic rings. The van der Waals surface area contributed by atoms with E-state index < -0.39 is 9.84 Å². The lowest BCUT2D eigenvalue weighted by Crippen LogP contribution is -2.39. The quantitative estimate of drug-likeness (QED) is 0.690. The zero-order valence-corrected chi connectivity index (χ0v) is 16.4. The third-order valence-corrected chi connectivity index (χ3v) is 6.63. The molecule has 0 bridgehead atoms. The van der Waals surface area contributed by atoms with Crippen LogP contribution in [0.5, 0.6) is 0 Å². The summed E-state index contributed by atoms with van der Waals surface area (Å²) in [6.45, 7) is 5.21. The number of nitrogens with one attached hydrogen (secondary N) is 1. The normalized spacial score (nSPS) is 15.6. The molecule has 2 aromatic carbocycles. The van der Waals surface area contributed by atoms with Crippen LogP contribution >= 0.6 is 0 Å². The summed E-state index contributed by atoms with van der Waals surface area (Å²) in [6.07, 6.45) is 1.44. The number of morpholine rings is 1. The number of benzene rings is 2. The zero-order valence-electron chi connectivity index (χ0n) is 15.5. The molecule has 1 aliphatic rings. The summed E-state index contributed by atoms with van der Waals surface area (Å²) in [4.78, 5) is 7.30. The van der Waals surface area contributed by atoms with Gasteiger partial charge in [0.25, 0.3) is 0 Å². The highest BCUT2D eigenvalue weighted by molar-refractivity contribution is 7.91. The fraction of sp³-hybridized carbons (Fsp3) is 0.286. The molecule has 0 aliphatic carbocycles. The van der Waals surface area contributed by atoms with Gasteiger partial charge in [-0.15, -0.1) is 0 Å². The highest BCUT2D eigenvalue weighted by Gasteiger charge is 2.18. The van der Waals surface area contributed by atoms with Gasteiger partial charge in [0.2, 0.25) is 9.84 Å². The van der Waals surface area contributed by atoms with E-state index in [-0.39, 0.29) is 9.79 Å². The van der Waals surface area contributed by atoms with E-state index >= 15 is 0 Å². The second-order valence-electron chi connectivity index (χ2n) is 6.75. The predicted octanol–water partition coefficient (Wildman–Crippen LogP) is 2.81. The van der Waals surface area contributed by atoms with Crippen LogP contribution in [0.2, 0.25) is 0 Å². The largest absolute Gasteiger partial charge is 0.382 e. The molecular weight excluding hydrogens is 374 g/mol. The SMILES string of the molecule is O=S(=O)(c1ccccc1)c1cnc2c(NCCN3CCOCC3)cccc2c1. The highest BCUT2D eigenvalue weighted by atomic mass is 32.2. The van der Waals surface area contributed by atoms with Crippen molar-refractivity contribution in [2.45, 2.75) is 9.79 Å². The lowest BCUT2D eigenvalue weighted by atomic mass is 10.2. The van der Waals surface area contributed by atoms with Gasteiger partial charge in [-0.25, -0.2) is 8.42 Å². The van der Waals surface area contributed by atoms with Crippen molar-refractivity contribution in [3.8, 4) is 0 Å². The number of nitrogens with zero attached hydrogens (tertiary/aromatic N) is 2. The molecule has 1 fully saturated rings. The number of para-hydroxylation sites is 1. The Labute approximate surface area is 165 Å². The molecule has 1 aliphatic heterocycles. The van der Waals surface area contributed by atoms with E-state index in [4.69, 9.17) is 4.74 Å². The Morgan fingerprint density at radius 3 is 2.57 bits per heavy atom.